The summed E-state index contributed by atoms with van der Waals surface area (Å²) in [5.41, 5.74) is 1.71. The molecule has 1 N–H and O–H groups in total. The van der Waals surface area contributed by atoms with Crippen LogP contribution in [0.2, 0.25) is 0 Å². The fraction of sp³-hybridized carbons (Fsp3) is 0.182. The fourth-order valence-electron chi connectivity index (χ4n) is 1.40. The molecule has 2 rings (SSSR count). The Morgan fingerprint density at radius 2 is 2.12 bits per heavy atom. The van der Waals surface area contributed by atoms with Gasteiger partial charge in [0.1, 0.15) is 5.69 Å². The molecule has 0 amide bonds. The fourth-order valence-corrected chi connectivity index (χ4v) is 1.40. The van der Waals surface area contributed by atoms with Crippen LogP contribution >= 0.6 is 0 Å². The molecule has 17 heavy (non-hydrogen) atoms. The van der Waals surface area contributed by atoms with Crippen molar-refractivity contribution in [3.05, 3.63) is 41.7 Å². The second-order valence-electron chi connectivity index (χ2n) is 3.44. The summed E-state index contributed by atoms with van der Waals surface area (Å²) >= 11 is 0. The molecule has 0 saturated heterocycles. The van der Waals surface area contributed by atoms with Gasteiger partial charge in [0, 0.05) is 7.11 Å². The molecular weight excluding hydrogens is 222 g/mol. The van der Waals surface area contributed by atoms with E-state index in [1.165, 1.54) is 12.1 Å². The molecule has 6 heteroatoms. The molecule has 0 saturated carbocycles. The highest BCUT2D eigenvalue weighted by atomic mass is 16.5. The second kappa shape index (κ2) is 4.75. The number of hydrogen-bond acceptors (Lipinski definition) is 4. The summed E-state index contributed by atoms with van der Waals surface area (Å²) in [5, 5.41) is 16.6. The molecule has 0 spiro atoms. The Balaban J connectivity index is 2.23. The maximum absolute atomic E-state index is 10.7. The SMILES string of the molecule is COCc1cn(-c2ccc(C(=O)O)cc2)nn1. The van der Waals surface area contributed by atoms with Gasteiger partial charge in [0.15, 0.2) is 0 Å². The molecule has 6 nitrogen and oxygen atoms in total. The summed E-state index contributed by atoms with van der Waals surface area (Å²) in [7, 11) is 1.58. The number of carbonyl (C=O) groups is 1. The van der Waals surface area contributed by atoms with E-state index in [1.54, 1.807) is 30.1 Å². The van der Waals surface area contributed by atoms with Crippen molar-refractivity contribution in [1.29, 1.82) is 0 Å². The molecule has 0 aliphatic rings. The smallest absolute Gasteiger partial charge is 0.335 e. The van der Waals surface area contributed by atoms with Gasteiger partial charge in [-0.05, 0) is 24.3 Å². The first-order valence-electron chi connectivity index (χ1n) is 4.94. The summed E-state index contributed by atoms with van der Waals surface area (Å²) in [4.78, 5) is 10.7. The number of rotatable bonds is 4. The highest BCUT2D eigenvalue weighted by Gasteiger charge is 2.05. The zero-order valence-electron chi connectivity index (χ0n) is 9.20. The zero-order valence-corrected chi connectivity index (χ0v) is 9.20. The van der Waals surface area contributed by atoms with E-state index in [0.717, 1.165) is 11.4 Å². The Bertz CT molecular complexity index is 519. The maximum Gasteiger partial charge on any atom is 0.335 e. The minimum absolute atomic E-state index is 0.242. The van der Waals surface area contributed by atoms with Crippen molar-refractivity contribution in [3.8, 4) is 5.69 Å². The van der Waals surface area contributed by atoms with Gasteiger partial charge in [-0.3, -0.25) is 0 Å². The molecule has 0 fully saturated rings. The standard InChI is InChI=1S/C11H11N3O3/c1-17-7-9-6-14(13-12-9)10-4-2-8(3-5-10)11(15)16/h2-6H,7H2,1H3,(H,15,16). The van der Waals surface area contributed by atoms with Crippen molar-refractivity contribution in [1.82, 2.24) is 15.0 Å². The Labute approximate surface area is 97.4 Å². The van der Waals surface area contributed by atoms with Crippen molar-refractivity contribution in [2.45, 2.75) is 6.61 Å². The van der Waals surface area contributed by atoms with E-state index in [-0.39, 0.29) is 5.56 Å². The zero-order chi connectivity index (χ0) is 12.3. The molecule has 0 unspecified atom stereocenters. The predicted molar refractivity (Wildman–Crippen MR) is 59.0 cm³/mol. The largest absolute Gasteiger partial charge is 0.478 e. The third-order valence-corrected chi connectivity index (χ3v) is 2.21. The number of methoxy groups -OCH3 is 1. The van der Waals surface area contributed by atoms with Crippen LogP contribution in [0.4, 0.5) is 0 Å². The number of carboxylic acids is 1. The number of hydrogen-bond donors (Lipinski definition) is 1. The van der Waals surface area contributed by atoms with Crippen molar-refractivity contribution in [2.75, 3.05) is 7.11 Å². The normalized spacial score (nSPS) is 10.4. The van der Waals surface area contributed by atoms with Gasteiger partial charge in [-0.2, -0.15) is 0 Å². The molecule has 1 aromatic carbocycles. The summed E-state index contributed by atoms with van der Waals surface area (Å²) in [5.74, 6) is -0.949. The topological polar surface area (TPSA) is 77.2 Å². The van der Waals surface area contributed by atoms with Gasteiger partial charge < -0.3 is 9.84 Å². The summed E-state index contributed by atoms with van der Waals surface area (Å²) in [6, 6.07) is 6.40. The lowest BCUT2D eigenvalue weighted by Crippen LogP contribution is -1.98. The van der Waals surface area contributed by atoms with Crippen molar-refractivity contribution < 1.29 is 14.6 Å². The molecule has 0 radical (unpaired) electrons. The van der Waals surface area contributed by atoms with E-state index in [0.29, 0.717) is 6.61 Å². The van der Waals surface area contributed by atoms with Crippen molar-refractivity contribution in [2.24, 2.45) is 0 Å². The van der Waals surface area contributed by atoms with Crippen LogP contribution in [0.1, 0.15) is 16.1 Å². The highest BCUT2D eigenvalue weighted by Crippen LogP contribution is 2.09. The van der Waals surface area contributed by atoms with Gasteiger partial charge in [0.25, 0.3) is 0 Å². The van der Waals surface area contributed by atoms with Crippen LogP contribution in [0, 0.1) is 0 Å². The number of aromatic carboxylic acids is 1. The molecule has 0 aliphatic carbocycles. The summed E-state index contributed by atoms with van der Waals surface area (Å²) in [6.45, 7) is 0.396. The molecule has 88 valence electrons. The van der Waals surface area contributed by atoms with E-state index >= 15 is 0 Å². The van der Waals surface area contributed by atoms with Crippen LogP contribution in [-0.4, -0.2) is 33.2 Å². The average Bonchev–Trinajstić information content (AvgIpc) is 2.78. The van der Waals surface area contributed by atoms with E-state index in [4.69, 9.17) is 9.84 Å². The first-order chi connectivity index (χ1) is 8.20. The van der Waals surface area contributed by atoms with Crippen LogP contribution < -0.4 is 0 Å². The van der Waals surface area contributed by atoms with Crippen LogP contribution in [0.15, 0.2) is 30.5 Å². The van der Waals surface area contributed by atoms with Crippen LogP contribution in [0.25, 0.3) is 5.69 Å². The minimum atomic E-state index is -0.949. The first kappa shape index (κ1) is 11.3. The molecule has 2 aromatic rings. The molecular formula is C11H11N3O3. The van der Waals surface area contributed by atoms with Gasteiger partial charge in [0.2, 0.25) is 0 Å². The lowest BCUT2D eigenvalue weighted by atomic mass is 10.2. The number of aromatic nitrogens is 3. The van der Waals surface area contributed by atoms with E-state index in [1.807, 2.05) is 0 Å². The maximum atomic E-state index is 10.7. The Kier molecular flexibility index (Phi) is 3.15. The Hall–Kier alpha value is -2.21. The van der Waals surface area contributed by atoms with Gasteiger partial charge in [0.05, 0.1) is 24.1 Å². The highest BCUT2D eigenvalue weighted by molar-refractivity contribution is 5.87. The molecule has 1 aromatic heterocycles. The summed E-state index contributed by atoms with van der Waals surface area (Å²) < 4.78 is 6.50. The minimum Gasteiger partial charge on any atom is -0.478 e. The lowest BCUT2D eigenvalue weighted by molar-refractivity contribution is 0.0697. The quantitative estimate of drug-likeness (QED) is 0.855. The number of nitrogens with zero attached hydrogens (tertiary/aromatic N) is 3. The molecule has 0 atom stereocenters. The Morgan fingerprint density at radius 3 is 2.71 bits per heavy atom. The predicted octanol–water partition coefficient (Wildman–Crippen LogP) is 1.11. The third-order valence-electron chi connectivity index (χ3n) is 2.21. The van der Waals surface area contributed by atoms with Gasteiger partial charge in [-0.15, -0.1) is 5.10 Å². The van der Waals surface area contributed by atoms with Crippen LogP contribution in [0.5, 0.6) is 0 Å². The number of ether oxygens (including phenoxy) is 1. The van der Waals surface area contributed by atoms with Gasteiger partial charge >= 0.3 is 5.97 Å². The molecule has 0 bridgehead atoms. The van der Waals surface area contributed by atoms with E-state index < -0.39 is 5.97 Å². The van der Waals surface area contributed by atoms with Gasteiger partial charge in [-0.25, -0.2) is 9.48 Å². The monoisotopic (exact) mass is 233 g/mol. The summed E-state index contributed by atoms with van der Waals surface area (Å²) in [6.07, 6.45) is 1.74. The van der Waals surface area contributed by atoms with E-state index in [2.05, 4.69) is 10.3 Å². The lowest BCUT2D eigenvalue weighted by Gasteiger charge is -2.00. The van der Waals surface area contributed by atoms with Crippen molar-refractivity contribution in [3.63, 3.8) is 0 Å². The molecule has 1 heterocycles. The second-order valence-corrected chi connectivity index (χ2v) is 3.44. The molecule has 0 aliphatic heterocycles. The average molecular weight is 233 g/mol. The van der Waals surface area contributed by atoms with E-state index in [9.17, 15) is 4.79 Å². The number of carboxylic acid groups (broad SMARTS) is 1. The van der Waals surface area contributed by atoms with Gasteiger partial charge in [-0.1, -0.05) is 5.21 Å². The van der Waals surface area contributed by atoms with Crippen LogP contribution in [0.3, 0.4) is 0 Å². The van der Waals surface area contributed by atoms with Crippen LogP contribution in [-0.2, 0) is 11.3 Å². The Morgan fingerprint density at radius 1 is 1.41 bits per heavy atom. The first-order valence-corrected chi connectivity index (χ1v) is 4.94. The van der Waals surface area contributed by atoms with Crippen molar-refractivity contribution >= 4 is 5.97 Å². The number of benzene rings is 1. The third kappa shape index (κ3) is 2.48.